The highest BCUT2D eigenvalue weighted by molar-refractivity contribution is 7.99. The summed E-state index contributed by atoms with van der Waals surface area (Å²) in [5.74, 6) is 0.655. The summed E-state index contributed by atoms with van der Waals surface area (Å²) in [6.07, 6.45) is 1.92. The number of carbonyl (C=O) groups excluding carboxylic acids is 2. The van der Waals surface area contributed by atoms with E-state index in [9.17, 15) is 9.59 Å². The van der Waals surface area contributed by atoms with Gasteiger partial charge in [0.15, 0.2) is 0 Å². The summed E-state index contributed by atoms with van der Waals surface area (Å²) < 4.78 is 0. The van der Waals surface area contributed by atoms with E-state index >= 15 is 0 Å². The first-order valence-electron chi connectivity index (χ1n) is 10.5. The second-order valence-electron chi connectivity index (χ2n) is 7.56. The van der Waals surface area contributed by atoms with Gasteiger partial charge in [-0.3, -0.25) is 9.59 Å². The molecule has 0 saturated heterocycles. The Kier molecular flexibility index (Phi) is 10.7. The summed E-state index contributed by atoms with van der Waals surface area (Å²) in [4.78, 5) is 27.4. The number of thioether (sulfide) groups is 1. The average Bonchev–Trinajstić information content (AvgIpc) is 2.74. The minimum absolute atomic E-state index is 0.0752. The number of amides is 2. The molecule has 1 atom stereocenters. The van der Waals surface area contributed by atoms with E-state index in [4.69, 9.17) is 23.2 Å². The second kappa shape index (κ2) is 13.0. The molecule has 0 aliphatic rings. The number of benzene rings is 2. The largest absolute Gasteiger partial charge is 0.354 e. The maximum atomic E-state index is 13.1. The third-order valence-corrected chi connectivity index (χ3v) is 6.52. The summed E-state index contributed by atoms with van der Waals surface area (Å²) in [5, 5.41) is 4.11. The molecule has 2 aromatic rings. The number of rotatable bonds is 11. The molecule has 2 amide bonds. The van der Waals surface area contributed by atoms with Crippen LogP contribution in [0, 0.1) is 6.92 Å². The Bertz CT molecular complexity index is 874. The monoisotopic (exact) mass is 480 g/mol. The third kappa shape index (κ3) is 8.40. The van der Waals surface area contributed by atoms with Gasteiger partial charge >= 0.3 is 0 Å². The first kappa shape index (κ1) is 25.6. The molecular formula is C24H30Cl2N2O2S. The van der Waals surface area contributed by atoms with Gasteiger partial charge < -0.3 is 10.2 Å². The molecule has 0 bridgehead atoms. The Hall–Kier alpha value is -1.69. The minimum atomic E-state index is -0.551. The molecule has 2 aromatic carbocycles. The smallest absolute Gasteiger partial charge is 0.242 e. The van der Waals surface area contributed by atoms with Gasteiger partial charge in [-0.2, -0.15) is 0 Å². The first-order chi connectivity index (χ1) is 14.8. The number of hydrogen-bond donors (Lipinski definition) is 1. The average molecular weight is 481 g/mol. The fourth-order valence-electron chi connectivity index (χ4n) is 2.98. The second-order valence-corrected chi connectivity index (χ2v) is 9.39. The molecule has 0 radical (unpaired) electrons. The van der Waals surface area contributed by atoms with Crippen molar-refractivity contribution < 1.29 is 9.59 Å². The van der Waals surface area contributed by atoms with Crippen molar-refractivity contribution in [2.75, 3.05) is 12.3 Å². The van der Waals surface area contributed by atoms with Crippen molar-refractivity contribution in [1.82, 2.24) is 10.2 Å². The zero-order valence-corrected chi connectivity index (χ0v) is 20.6. The number of nitrogens with zero attached hydrogens (tertiary/aromatic N) is 1. The van der Waals surface area contributed by atoms with Crippen LogP contribution in [0.5, 0.6) is 0 Å². The SMILES string of the molecule is CCCCNC(=O)[C@H](C)N(Cc1ccc(C)cc1)C(=O)CSCc1ccc(Cl)cc1Cl. The lowest BCUT2D eigenvalue weighted by Gasteiger charge is -2.29. The van der Waals surface area contributed by atoms with Crippen molar-refractivity contribution in [2.45, 2.75) is 52.0 Å². The van der Waals surface area contributed by atoms with E-state index in [0.717, 1.165) is 29.5 Å². The van der Waals surface area contributed by atoms with Crippen LogP contribution in [0.2, 0.25) is 10.0 Å². The molecule has 2 rings (SSSR count). The standard InChI is InChI=1S/C24H30Cl2N2O2S/c1-4-5-12-27-24(30)18(3)28(14-19-8-6-17(2)7-9-19)23(29)16-31-15-20-10-11-21(25)13-22(20)26/h6-11,13,18H,4-5,12,14-16H2,1-3H3,(H,27,30)/t18-/m0/s1. The van der Waals surface area contributed by atoms with Crippen LogP contribution in [0.3, 0.4) is 0 Å². The molecule has 0 fully saturated rings. The molecule has 1 N–H and O–H groups in total. The van der Waals surface area contributed by atoms with Gasteiger partial charge in [0.1, 0.15) is 6.04 Å². The summed E-state index contributed by atoms with van der Waals surface area (Å²) >= 11 is 13.7. The number of nitrogens with one attached hydrogen (secondary N) is 1. The maximum Gasteiger partial charge on any atom is 0.242 e. The molecular weight excluding hydrogens is 451 g/mol. The fourth-order valence-corrected chi connectivity index (χ4v) is 4.45. The Labute approximate surface area is 199 Å². The van der Waals surface area contributed by atoms with E-state index in [1.807, 2.05) is 37.3 Å². The van der Waals surface area contributed by atoms with Gasteiger partial charge in [0.25, 0.3) is 0 Å². The highest BCUT2D eigenvalue weighted by Crippen LogP contribution is 2.25. The van der Waals surface area contributed by atoms with Crippen molar-refractivity contribution in [3.8, 4) is 0 Å². The summed E-state index contributed by atoms with van der Waals surface area (Å²) in [6, 6.07) is 12.8. The number of carbonyl (C=O) groups is 2. The van der Waals surface area contributed by atoms with Crippen LogP contribution in [0.4, 0.5) is 0 Å². The lowest BCUT2D eigenvalue weighted by atomic mass is 10.1. The van der Waals surface area contributed by atoms with E-state index < -0.39 is 6.04 Å². The molecule has 0 aliphatic heterocycles. The molecule has 0 saturated carbocycles. The number of halogens is 2. The van der Waals surface area contributed by atoms with Crippen molar-refractivity contribution >= 4 is 46.8 Å². The Morgan fingerprint density at radius 2 is 1.84 bits per heavy atom. The highest BCUT2D eigenvalue weighted by Gasteiger charge is 2.25. The van der Waals surface area contributed by atoms with Gasteiger partial charge in [0.2, 0.25) is 11.8 Å². The number of hydrogen-bond acceptors (Lipinski definition) is 3. The van der Waals surface area contributed by atoms with Gasteiger partial charge in [-0.1, -0.05) is 72.4 Å². The predicted molar refractivity (Wildman–Crippen MR) is 132 cm³/mol. The Morgan fingerprint density at radius 3 is 2.48 bits per heavy atom. The van der Waals surface area contributed by atoms with Crippen LogP contribution in [0.1, 0.15) is 43.4 Å². The molecule has 31 heavy (non-hydrogen) atoms. The van der Waals surface area contributed by atoms with E-state index in [-0.39, 0.29) is 17.6 Å². The number of aryl methyl sites for hydroxylation is 1. The van der Waals surface area contributed by atoms with Crippen molar-refractivity contribution in [3.63, 3.8) is 0 Å². The zero-order chi connectivity index (χ0) is 22.8. The van der Waals surface area contributed by atoms with Crippen LogP contribution in [-0.4, -0.2) is 35.1 Å². The van der Waals surface area contributed by atoms with Gasteiger partial charge in [-0.15, -0.1) is 11.8 Å². The van der Waals surface area contributed by atoms with Crippen LogP contribution in [-0.2, 0) is 21.9 Å². The topological polar surface area (TPSA) is 49.4 Å². The van der Waals surface area contributed by atoms with Crippen molar-refractivity contribution in [1.29, 1.82) is 0 Å². The molecule has 4 nitrogen and oxygen atoms in total. The van der Waals surface area contributed by atoms with Crippen LogP contribution < -0.4 is 5.32 Å². The van der Waals surface area contributed by atoms with Gasteiger partial charge in [-0.25, -0.2) is 0 Å². The van der Waals surface area contributed by atoms with Crippen LogP contribution in [0.25, 0.3) is 0 Å². The van der Waals surface area contributed by atoms with Gasteiger partial charge in [0.05, 0.1) is 5.75 Å². The van der Waals surface area contributed by atoms with Crippen LogP contribution in [0.15, 0.2) is 42.5 Å². The summed E-state index contributed by atoms with van der Waals surface area (Å²) in [5.41, 5.74) is 3.08. The molecule has 0 heterocycles. The Balaban J connectivity index is 2.05. The van der Waals surface area contributed by atoms with Crippen LogP contribution >= 0.6 is 35.0 Å². The molecule has 0 unspecified atom stereocenters. The lowest BCUT2D eigenvalue weighted by molar-refractivity contribution is -0.138. The molecule has 168 valence electrons. The van der Waals surface area contributed by atoms with Crippen molar-refractivity contribution in [2.24, 2.45) is 0 Å². The molecule has 0 aromatic heterocycles. The normalized spacial score (nSPS) is 11.8. The predicted octanol–water partition coefficient (Wildman–Crippen LogP) is 5.87. The van der Waals surface area contributed by atoms with E-state index in [0.29, 0.717) is 28.9 Å². The number of unbranched alkanes of at least 4 members (excludes halogenated alkanes) is 1. The quantitative estimate of drug-likeness (QED) is 0.409. The van der Waals surface area contributed by atoms with Gasteiger partial charge in [0, 0.05) is 28.9 Å². The maximum absolute atomic E-state index is 13.1. The van der Waals surface area contributed by atoms with E-state index in [2.05, 4.69) is 12.2 Å². The lowest BCUT2D eigenvalue weighted by Crippen LogP contribution is -2.48. The summed E-state index contributed by atoms with van der Waals surface area (Å²) in [7, 11) is 0. The minimum Gasteiger partial charge on any atom is -0.354 e. The molecule has 0 aliphatic carbocycles. The molecule has 0 spiro atoms. The third-order valence-electron chi connectivity index (χ3n) is 4.97. The Morgan fingerprint density at radius 1 is 1.13 bits per heavy atom. The molecule has 7 heteroatoms. The van der Waals surface area contributed by atoms with E-state index in [1.54, 1.807) is 24.0 Å². The first-order valence-corrected chi connectivity index (χ1v) is 12.4. The summed E-state index contributed by atoms with van der Waals surface area (Å²) in [6.45, 7) is 6.90. The highest BCUT2D eigenvalue weighted by atomic mass is 35.5. The van der Waals surface area contributed by atoms with Crippen molar-refractivity contribution in [3.05, 3.63) is 69.2 Å². The van der Waals surface area contributed by atoms with E-state index in [1.165, 1.54) is 11.8 Å². The van der Waals surface area contributed by atoms with Gasteiger partial charge in [-0.05, 0) is 43.5 Å². The fraction of sp³-hybridized carbons (Fsp3) is 0.417. The zero-order valence-electron chi connectivity index (χ0n) is 18.3.